The Morgan fingerprint density at radius 3 is 2.42 bits per heavy atom. The maximum Gasteiger partial charge on any atom is 0.332 e. The molecule has 0 bridgehead atoms. The van der Waals surface area contributed by atoms with Crippen molar-refractivity contribution in [2.24, 2.45) is 0 Å². The number of nitrogens with two attached hydrogens (primary N) is 1. The van der Waals surface area contributed by atoms with Gasteiger partial charge in [0.25, 0.3) is 0 Å². The summed E-state index contributed by atoms with van der Waals surface area (Å²) in [7, 11) is 4.01. The van der Waals surface area contributed by atoms with Crippen LogP contribution >= 0.6 is 11.8 Å². The lowest BCUT2D eigenvalue weighted by Crippen LogP contribution is -2.12. The summed E-state index contributed by atoms with van der Waals surface area (Å²) in [6.07, 6.45) is 2.31. The van der Waals surface area contributed by atoms with E-state index in [1.807, 2.05) is 68.9 Å². The summed E-state index contributed by atoms with van der Waals surface area (Å²) >= 11 is 1.65. The Morgan fingerprint density at radius 1 is 1.10 bits per heavy atom. The summed E-state index contributed by atoms with van der Waals surface area (Å²) < 4.78 is 0. The molecule has 1 aromatic heterocycles. The Hall–Kier alpha value is -3.17. The van der Waals surface area contributed by atoms with Crippen LogP contribution in [0.4, 0.5) is 17.5 Å². The fourth-order valence-corrected chi connectivity index (χ4v) is 3.88. The number of nitrogens with one attached hydrogen (secondary N) is 1. The van der Waals surface area contributed by atoms with Crippen LogP contribution in [0.25, 0.3) is 0 Å². The van der Waals surface area contributed by atoms with Gasteiger partial charge >= 0.3 is 5.69 Å². The van der Waals surface area contributed by atoms with Gasteiger partial charge in [0.1, 0.15) is 5.69 Å². The van der Waals surface area contributed by atoms with Crippen LogP contribution in [0.2, 0.25) is 0 Å². The molecule has 3 aromatic rings. The van der Waals surface area contributed by atoms with Gasteiger partial charge in [0, 0.05) is 24.4 Å². The molecule has 9 heteroatoms. The van der Waals surface area contributed by atoms with Crippen molar-refractivity contribution in [3.8, 4) is 0 Å². The smallest absolute Gasteiger partial charge is 0.332 e. The van der Waals surface area contributed by atoms with Crippen LogP contribution in [0.3, 0.4) is 0 Å². The van der Waals surface area contributed by atoms with Crippen molar-refractivity contribution in [1.29, 1.82) is 0 Å². The fraction of sp³-hybridized carbons (Fsp3) is 0.273. The third-order valence-corrected chi connectivity index (χ3v) is 5.53. The average molecular weight is 439 g/mol. The first-order valence-electron chi connectivity index (χ1n) is 9.76. The van der Waals surface area contributed by atoms with Crippen LogP contribution in [-0.2, 0) is 19.5 Å². The maximum absolute atomic E-state index is 11.6. The van der Waals surface area contributed by atoms with Crippen molar-refractivity contribution in [3.05, 3.63) is 81.0 Å². The van der Waals surface area contributed by atoms with Gasteiger partial charge in [-0.25, -0.2) is 4.98 Å². The van der Waals surface area contributed by atoms with E-state index < -0.39 is 4.92 Å². The standard InChI is InChI=1S/C22H26N6O2S/c1-27(2)14-16-10-8-15(9-11-16)12-18-20(28(29)30)21(23)26-22(25-18)24-13-17-6-4-5-7-19(17)31-3/h4-11H,12-14H2,1-3H3,(H3,23,24,25,26). The molecule has 3 rings (SSSR count). The third-order valence-electron chi connectivity index (χ3n) is 4.69. The van der Waals surface area contributed by atoms with Crippen molar-refractivity contribution in [2.75, 3.05) is 31.4 Å². The van der Waals surface area contributed by atoms with Gasteiger partial charge in [-0.2, -0.15) is 4.98 Å². The number of benzene rings is 2. The fourth-order valence-electron chi connectivity index (χ4n) is 3.27. The van der Waals surface area contributed by atoms with Crippen molar-refractivity contribution >= 4 is 29.2 Å². The Labute approximate surface area is 186 Å². The van der Waals surface area contributed by atoms with E-state index >= 15 is 0 Å². The van der Waals surface area contributed by atoms with Gasteiger partial charge in [-0.05, 0) is 43.1 Å². The zero-order valence-corrected chi connectivity index (χ0v) is 18.6. The molecule has 162 valence electrons. The molecule has 0 amide bonds. The SMILES string of the molecule is CSc1ccccc1CNc1nc(N)c([N+](=O)[O-])c(Cc2ccc(CN(C)C)cc2)n1. The number of anilines is 2. The third kappa shape index (κ3) is 5.93. The molecule has 8 nitrogen and oxygen atoms in total. The Morgan fingerprint density at radius 2 is 1.77 bits per heavy atom. The number of nitro groups is 1. The molecule has 0 saturated carbocycles. The minimum Gasteiger partial charge on any atom is -0.378 e. The van der Waals surface area contributed by atoms with Crippen LogP contribution in [0.1, 0.15) is 22.4 Å². The first kappa shape index (κ1) is 22.5. The number of nitrogen functional groups attached to an aromatic ring is 1. The van der Waals surface area contributed by atoms with Crippen LogP contribution in [0, 0.1) is 10.1 Å². The summed E-state index contributed by atoms with van der Waals surface area (Å²) in [6, 6.07) is 16.0. The largest absolute Gasteiger partial charge is 0.378 e. The van der Waals surface area contributed by atoms with E-state index in [9.17, 15) is 10.1 Å². The molecule has 1 heterocycles. The van der Waals surface area contributed by atoms with Crippen molar-refractivity contribution in [2.45, 2.75) is 24.4 Å². The van der Waals surface area contributed by atoms with Crippen LogP contribution in [0.15, 0.2) is 53.4 Å². The van der Waals surface area contributed by atoms with E-state index in [0.717, 1.165) is 22.6 Å². The predicted octanol–water partition coefficient (Wildman–Crippen LogP) is 3.95. The van der Waals surface area contributed by atoms with Crippen LogP contribution < -0.4 is 11.1 Å². The highest BCUT2D eigenvalue weighted by atomic mass is 32.2. The molecule has 0 aliphatic carbocycles. The normalized spacial score (nSPS) is 11.0. The molecule has 0 aliphatic heterocycles. The second kappa shape index (κ2) is 10.2. The van der Waals surface area contributed by atoms with Crippen molar-refractivity contribution < 1.29 is 4.92 Å². The molecular formula is C22H26N6O2S. The lowest BCUT2D eigenvalue weighted by molar-refractivity contribution is -0.385. The molecule has 2 aromatic carbocycles. The maximum atomic E-state index is 11.6. The molecule has 0 spiro atoms. The van der Waals surface area contributed by atoms with Gasteiger partial charge in [0.05, 0.1) is 4.92 Å². The summed E-state index contributed by atoms with van der Waals surface area (Å²) in [5, 5.41) is 14.8. The monoisotopic (exact) mass is 438 g/mol. The van der Waals surface area contributed by atoms with E-state index in [-0.39, 0.29) is 17.5 Å². The molecule has 31 heavy (non-hydrogen) atoms. The molecule has 0 atom stereocenters. The minimum atomic E-state index is -0.516. The number of aromatic nitrogens is 2. The van der Waals surface area contributed by atoms with Crippen molar-refractivity contribution in [3.63, 3.8) is 0 Å². The second-order valence-electron chi connectivity index (χ2n) is 7.38. The summed E-state index contributed by atoms with van der Waals surface area (Å²) in [4.78, 5) is 22.9. The summed E-state index contributed by atoms with van der Waals surface area (Å²) in [6.45, 7) is 1.32. The topological polar surface area (TPSA) is 110 Å². The number of hydrogen-bond donors (Lipinski definition) is 2. The predicted molar refractivity (Wildman–Crippen MR) is 125 cm³/mol. The molecule has 0 radical (unpaired) electrons. The van der Waals surface area contributed by atoms with Gasteiger partial charge in [0.15, 0.2) is 0 Å². The summed E-state index contributed by atoms with van der Waals surface area (Å²) in [5.41, 5.74) is 9.16. The Bertz CT molecular complexity index is 1060. The zero-order valence-electron chi connectivity index (χ0n) is 17.8. The van der Waals surface area contributed by atoms with Gasteiger partial charge in [-0.3, -0.25) is 10.1 Å². The second-order valence-corrected chi connectivity index (χ2v) is 8.23. The Balaban J connectivity index is 1.84. The van der Waals surface area contributed by atoms with Gasteiger partial charge in [-0.15, -0.1) is 11.8 Å². The average Bonchev–Trinajstić information content (AvgIpc) is 2.73. The molecule has 0 saturated heterocycles. The number of nitrogens with zero attached hydrogens (tertiary/aromatic N) is 4. The van der Waals surface area contributed by atoms with Crippen molar-refractivity contribution in [1.82, 2.24) is 14.9 Å². The first-order valence-corrected chi connectivity index (χ1v) is 11.0. The highest BCUT2D eigenvalue weighted by Gasteiger charge is 2.23. The molecule has 0 aliphatic rings. The molecule has 0 fully saturated rings. The van der Waals surface area contributed by atoms with Crippen LogP contribution in [-0.4, -0.2) is 40.1 Å². The number of rotatable bonds is 9. The quantitative estimate of drug-likeness (QED) is 0.293. The molecule has 3 N–H and O–H groups in total. The lowest BCUT2D eigenvalue weighted by Gasteiger charge is -2.12. The van der Waals surface area contributed by atoms with E-state index in [0.29, 0.717) is 18.7 Å². The molecule has 0 unspecified atom stereocenters. The number of thioether (sulfide) groups is 1. The molecular weight excluding hydrogens is 412 g/mol. The van der Waals surface area contributed by atoms with Gasteiger partial charge in [0.2, 0.25) is 11.8 Å². The number of hydrogen-bond acceptors (Lipinski definition) is 8. The lowest BCUT2D eigenvalue weighted by atomic mass is 10.1. The first-order chi connectivity index (χ1) is 14.9. The van der Waals surface area contributed by atoms with Gasteiger partial charge in [-0.1, -0.05) is 42.5 Å². The van der Waals surface area contributed by atoms with Crippen LogP contribution in [0.5, 0.6) is 0 Å². The zero-order chi connectivity index (χ0) is 22.4. The Kier molecular flexibility index (Phi) is 7.43. The minimum absolute atomic E-state index is 0.139. The summed E-state index contributed by atoms with van der Waals surface area (Å²) in [5.74, 6) is 0.137. The van der Waals surface area contributed by atoms with E-state index in [1.54, 1.807) is 11.8 Å². The highest BCUT2D eigenvalue weighted by molar-refractivity contribution is 7.98. The van der Waals surface area contributed by atoms with Gasteiger partial charge < -0.3 is 16.0 Å². The van der Waals surface area contributed by atoms with E-state index in [2.05, 4.69) is 20.2 Å². The van der Waals surface area contributed by atoms with E-state index in [1.165, 1.54) is 5.56 Å². The van der Waals surface area contributed by atoms with E-state index in [4.69, 9.17) is 5.73 Å². The highest BCUT2D eigenvalue weighted by Crippen LogP contribution is 2.27.